The lowest BCUT2D eigenvalue weighted by molar-refractivity contribution is 0.0865. The molecular formula is C17H17N3O3S. The van der Waals surface area contributed by atoms with Crippen molar-refractivity contribution in [3.8, 4) is 0 Å². The van der Waals surface area contributed by atoms with Crippen LogP contribution in [0.2, 0.25) is 0 Å². The van der Waals surface area contributed by atoms with Gasteiger partial charge in [0.1, 0.15) is 10.7 Å². The quantitative estimate of drug-likeness (QED) is 0.853. The van der Waals surface area contributed by atoms with Gasteiger partial charge in [-0.15, -0.1) is 0 Å². The maximum atomic E-state index is 12.6. The van der Waals surface area contributed by atoms with Crippen LogP contribution in [0.5, 0.6) is 0 Å². The third-order valence-electron chi connectivity index (χ3n) is 4.48. The molecule has 2 aliphatic heterocycles. The molecule has 1 saturated heterocycles. The molecule has 0 aliphatic carbocycles. The largest absolute Gasteiger partial charge is 0.357 e. The molecule has 1 aromatic heterocycles. The summed E-state index contributed by atoms with van der Waals surface area (Å²) in [4.78, 5) is 19.1. The molecule has 0 radical (unpaired) electrons. The molecular weight excluding hydrogens is 326 g/mol. The highest BCUT2D eigenvalue weighted by Crippen LogP contribution is 2.31. The molecule has 124 valence electrons. The zero-order chi connectivity index (χ0) is 16.7. The number of anilines is 1. The van der Waals surface area contributed by atoms with Crippen LogP contribution in [0.4, 0.5) is 5.82 Å². The summed E-state index contributed by atoms with van der Waals surface area (Å²) in [5.41, 5.74) is 1.00. The normalized spacial score (nSPS) is 18.9. The number of nitrogens with zero attached hydrogens (tertiary/aromatic N) is 3. The Morgan fingerprint density at radius 3 is 2.58 bits per heavy atom. The number of hydrogen-bond donors (Lipinski definition) is 0. The minimum atomic E-state index is -3.78. The van der Waals surface area contributed by atoms with Crippen molar-refractivity contribution in [3.05, 3.63) is 53.7 Å². The first-order valence-corrected chi connectivity index (χ1v) is 9.37. The highest BCUT2D eigenvalue weighted by atomic mass is 32.2. The van der Waals surface area contributed by atoms with Gasteiger partial charge in [-0.05, 0) is 42.7 Å². The van der Waals surface area contributed by atoms with E-state index in [-0.39, 0.29) is 17.0 Å². The summed E-state index contributed by atoms with van der Waals surface area (Å²) in [6.45, 7) is 1.95. The molecule has 0 bridgehead atoms. The Hall–Kier alpha value is -2.41. The van der Waals surface area contributed by atoms with E-state index in [2.05, 4.69) is 9.88 Å². The van der Waals surface area contributed by atoms with Crippen molar-refractivity contribution in [2.24, 2.45) is 0 Å². The lowest BCUT2D eigenvalue weighted by Gasteiger charge is -2.19. The number of carbonyl (C=O) groups is 1. The van der Waals surface area contributed by atoms with E-state index in [1.807, 2.05) is 6.07 Å². The molecule has 0 N–H and O–H groups in total. The molecule has 4 rings (SSSR count). The van der Waals surface area contributed by atoms with Gasteiger partial charge in [0.2, 0.25) is 0 Å². The minimum absolute atomic E-state index is 0.0270. The molecule has 7 heteroatoms. The Bertz CT molecular complexity index is 905. The number of carbonyl (C=O) groups excluding carboxylic acids is 1. The molecule has 24 heavy (non-hydrogen) atoms. The third-order valence-corrected chi connectivity index (χ3v) is 6.27. The predicted molar refractivity (Wildman–Crippen MR) is 89.2 cm³/mol. The number of aromatic nitrogens is 1. The fourth-order valence-electron chi connectivity index (χ4n) is 3.23. The van der Waals surface area contributed by atoms with Crippen LogP contribution < -0.4 is 4.90 Å². The molecule has 1 amide bonds. The molecule has 1 aromatic carbocycles. The zero-order valence-electron chi connectivity index (χ0n) is 13.1. The number of fused-ring (bicyclic) bond motifs is 1. The third kappa shape index (κ3) is 2.36. The Kier molecular flexibility index (Phi) is 3.53. The Labute approximate surface area is 140 Å². The molecule has 6 nitrogen and oxygen atoms in total. The number of benzene rings is 1. The maximum absolute atomic E-state index is 12.6. The van der Waals surface area contributed by atoms with Crippen molar-refractivity contribution in [1.29, 1.82) is 0 Å². The van der Waals surface area contributed by atoms with Crippen molar-refractivity contribution in [1.82, 2.24) is 9.29 Å². The topological polar surface area (TPSA) is 70.6 Å². The molecule has 2 aromatic rings. The number of sulfonamides is 1. The number of rotatable bonds is 3. The van der Waals surface area contributed by atoms with Gasteiger partial charge in [0.15, 0.2) is 0 Å². The van der Waals surface area contributed by atoms with Gasteiger partial charge in [-0.2, -0.15) is 0 Å². The van der Waals surface area contributed by atoms with Crippen LogP contribution in [-0.2, 0) is 16.6 Å². The van der Waals surface area contributed by atoms with Crippen molar-refractivity contribution >= 4 is 21.7 Å². The average molecular weight is 343 g/mol. The van der Waals surface area contributed by atoms with Crippen LogP contribution in [-0.4, -0.2) is 36.7 Å². The van der Waals surface area contributed by atoms with Gasteiger partial charge in [0.25, 0.3) is 15.9 Å². The molecule has 0 unspecified atom stereocenters. The summed E-state index contributed by atoms with van der Waals surface area (Å²) < 4.78 is 26.2. The van der Waals surface area contributed by atoms with Crippen LogP contribution in [0.25, 0.3) is 0 Å². The van der Waals surface area contributed by atoms with Crippen molar-refractivity contribution < 1.29 is 13.2 Å². The van der Waals surface area contributed by atoms with E-state index in [1.165, 1.54) is 6.07 Å². The summed E-state index contributed by atoms with van der Waals surface area (Å²) >= 11 is 0. The average Bonchev–Trinajstić information content (AvgIpc) is 3.19. The van der Waals surface area contributed by atoms with Gasteiger partial charge in [0.05, 0.1) is 12.1 Å². The number of hydrogen-bond acceptors (Lipinski definition) is 5. The Morgan fingerprint density at radius 1 is 1.08 bits per heavy atom. The minimum Gasteiger partial charge on any atom is -0.357 e. The molecule has 1 fully saturated rings. The monoisotopic (exact) mass is 343 g/mol. The van der Waals surface area contributed by atoms with E-state index < -0.39 is 15.9 Å². The summed E-state index contributed by atoms with van der Waals surface area (Å²) in [6.07, 6.45) is 3.95. The van der Waals surface area contributed by atoms with Crippen molar-refractivity contribution in [2.75, 3.05) is 18.0 Å². The fraction of sp³-hybridized carbons (Fsp3) is 0.294. The van der Waals surface area contributed by atoms with Crippen LogP contribution in [0.1, 0.15) is 28.8 Å². The van der Waals surface area contributed by atoms with Gasteiger partial charge in [0, 0.05) is 19.3 Å². The molecule has 0 atom stereocenters. The van der Waals surface area contributed by atoms with E-state index in [1.54, 1.807) is 30.5 Å². The highest BCUT2D eigenvalue weighted by molar-refractivity contribution is 7.90. The molecule has 2 aliphatic rings. The second-order valence-electron chi connectivity index (χ2n) is 6.03. The van der Waals surface area contributed by atoms with Gasteiger partial charge in [-0.3, -0.25) is 4.79 Å². The standard InChI is InChI=1S/C17H17N3O3S/c21-17-14-5-1-2-6-15(14)24(22,23)20(17)12-13-7-8-18-16(11-13)19-9-3-4-10-19/h1-2,5-8,11H,3-4,9-10,12H2. The van der Waals surface area contributed by atoms with Crippen LogP contribution in [0, 0.1) is 0 Å². The first kappa shape index (κ1) is 15.1. The molecule has 0 saturated carbocycles. The second-order valence-corrected chi connectivity index (χ2v) is 7.86. The van der Waals surface area contributed by atoms with Crippen LogP contribution >= 0.6 is 0 Å². The van der Waals surface area contributed by atoms with Crippen molar-refractivity contribution in [3.63, 3.8) is 0 Å². The number of amides is 1. The number of pyridine rings is 1. The van der Waals surface area contributed by atoms with Gasteiger partial charge < -0.3 is 4.90 Å². The lowest BCUT2D eigenvalue weighted by Crippen LogP contribution is -2.29. The summed E-state index contributed by atoms with van der Waals surface area (Å²) in [7, 11) is -3.78. The van der Waals surface area contributed by atoms with E-state index in [0.29, 0.717) is 0 Å². The summed E-state index contributed by atoms with van der Waals surface area (Å²) in [6, 6.07) is 9.96. The Morgan fingerprint density at radius 2 is 1.83 bits per heavy atom. The predicted octanol–water partition coefficient (Wildman–Crippen LogP) is 2.03. The second kappa shape index (κ2) is 5.59. The van der Waals surface area contributed by atoms with Gasteiger partial charge >= 0.3 is 0 Å². The van der Waals surface area contributed by atoms with Crippen molar-refractivity contribution in [2.45, 2.75) is 24.3 Å². The van der Waals surface area contributed by atoms with Crippen LogP contribution in [0.3, 0.4) is 0 Å². The van der Waals surface area contributed by atoms with E-state index in [4.69, 9.17) is 0 Å². The molecule has 0 spiro atoms. The first-order valence-electron chi connectivity index (χ1n) is 7.93. The van der Waals surface area contributed by atoms with E-state index >= 15 is 0 Å². The van der Waals surface area contributed by atoms with E-state index in [0.717, 1.165) is 41.6 Å². The maximum Gasteiger partial charge on any atom is 0.269 e. The zero-order valence-corrected chi connectivity index (χ0v) is 13.9. The SMILES string of the molecule is O=C1c2ccccc2S(=O)(=O)N1Cc1ccnc(N2CCCC2)c1. The fourth-order valence-corrected chi connectivity index (χ4v) is 4.79. The van der Waals surface area contributed by atoms with Gasteiger partial charge in [-0.25, -0.2) is 17.7 Å². The van der Waals surface area contributed by atoms with Crippen LogP contribution in [0.15, 0.2) is 47.5 Å². The van der Waals surface area contributed by atoms with Gasteiger partial charge in [-0.1, -0.05) is 12.1 Å². The van der Waals surface area contributed by atoms with E-state index in [9.17, 15) is 13.2 Å². The highest BCUT2D eigenvalue weighted by Gasteiger charge is 2.40. The molecule has 3 heterocycles. The lowest BCUT2D eigenvalue weighted by atomic mass is 10.2. The first-order chi connectivity index (χ1) is 11.6. The smallest absolute Gasteiger partial charge is 0.269 e. The Balaban J connectivity index is 1.65. The summed E-state index contributed by atoms with van der Waals surface area (Å²) in [5.74, 6) is 0.372. The summed E-state index contributed by atoms with van der Waals surface area (Å²) in [5, 5.41) is 0.